The van der Waals surface area contributed by atoms with E-state index in [2.05, 4.69) is 42.9 Å². The smallest absolute Gasteiger partial charge is 0.252 e. The van der Waals surface area contributed by atoms with E-state index in [4.69, 9.17) is 11.5 Å². The summed E-state index contributed by atoms with van der Waals surface area (Å²) in [7, 11) is 0. The SMILES string of the molecule is CC(C)N(CCNc1ncc(N)cc1C(N)=O)C(C)C. The van der Waals surface area contributed by atoms with Gasteiger partial charge in [-0.25, -0.2) is 4.98 Å². The van der Waals surface area contributed by atoms with Gasteiger partial charge in [0.1, 0.15) is 5.82 Å². The average Bonchev–Trinajstić information content (AvgIpc) is 2.34. The summed E-state index contributed by atoms with van der Waals surface area (Å²) in [4.78, 5) is 17.8. The Kier molecular flexibility index (Phi) is 5.76. The van der Waals surface area contributed by atoms with Crippen LogP contribution >= 0.6 is 0 Å². The van der Waals surface area contributed by atoms with Gasteiger partial charge in [0, 0.05) is 25.2 Å². The third-order valence-corrected chi connectivity index (χ3v) is 3.16. The van der Waals surface area contributed by atoms with E-state index < -0.39 is 5.91 Å². The fraction of sp³-hybridized carbons (Fsp3) is 0.571. The standard InChI is InChI=1S/C14H25N5O/c1-9(2)19(10(3)4)6-5-17-14-12(13(16)20)7-11(15)8-18-14/h7-10H,5-6,15H2,1-4H3,(H2,16,20)(H,17,18). The van der Waals surface area contributed by atoms with Crippen molar-refractivity contribution in [1.82, 2.24) is 9.88 Å². The maximum atomic E-state index is 11.4. The molecule has 0 spiro atoms. The lowest BCUT2D eigenvalue weighted by atomic mass is 10.2. The molecule has 0 fully saturated rings. The van der Waals surface area contributed by atoms with Crippen LogP contribution in [0.15, 0.2) is 12.3 Å². The van der Waals surface area contributed by atoms with Crippen molar-refractivity contribution >= 4 is 17.4 Å². The molecular formula is C14H25N5O. The first-order valence-electron chi connectivity index (χ1n) is 6.87. The fourth-order valence-corrected chi connectivity index (χ4v) is 2.23. The van der Waals surface area contributed by atoms with E-state index in [-0.39, 0.29) is 0 Å². The summed E-state index contributed by atoms with van der Waals surface area (Å²) < 4.78 is 0. The molecule has 5 N–H and O–H groups in total. The number of nitrogens with two attached hydrogens (primary N) is 2. The molecule has 6 nitrogen and oxygen atoms in total. The predicted molar refractivity (Wildman–Crippen MR) is 82.6 cm³/mol. The van der Waals surface area contributed by atoms with Crippen molar-refractivity contribution in [3.05, 3.63) is 17.8 Å². The van der Waals surface area contributed by atoms with Gasteiger partial charge in [-0.1, -0.05) is 0 Å². The monoisotopic (exact) mass is 279 g/mol. The molecule has 1 rings (SSSR count). The summed E-state index contributed by atoms with van der Waals surface area (Å²) in [6, 6.07) is 2.47. The number of aromatic nitrogens is 1. The molecule has 6 heteroatoms. The number of carbonyl (C=O) groups excluding carboxylic acids is 1. The van der Waals surface area contributed by atoms with Crippen LogP contribution < -0.4 is 16.8 Å². The first-order chi connectivity index (χ1) is 9.32. The second kappa shape index (κ2) is 7.09. The van der Waals surface area contributed by atoms with Gasteiger partial charge in [0.2, 0.25) is 0 Å². The van der Waals surface area contributed by atoms with Crippen LogP contribution in [0.1, 0.15) is 38.1 Å². The van der Waals surface area contributed by atoms with Crippen molar-refractivity contribution in [2.24, 2.45) is 5.73 Å². The van der Waals surface area contributed by atoms with E-state index in [9.17, 15) is 4.79 Å². The Morgan fingerprint density at radius 2 is 1.95 bits per heavy atom. The summed E-state index contributed by atoms with van der Waals surface area (Å²) in [5, 5.41) is 3.15. The van der Waals surface area contributed by atoms with E-state index in [0.29, 0.717) is 35.7 Å². The van der Waals surface area contributed by atoms with E-state index in [0.717, 1.165) is 6.54 Å². The van der Waals surface area contributed by atoms with Crippen molar-refractivity contribution in [1.29, 1.82) is 0 Å². The third kappa shape index (κ3) is 4.38. The van der Waals surface area contributed by atoms with E-state index in [1.165, 1.54) is 6.20 Å². The molecule has 0 aliphatic heterocycles. The minimum Gasteiger partial charge on any atom is -0.397 e. The molecule has 1 aromatic rings. The van der Waals surface area contributed by atoms with Crippen molar-refractivity contribution in [2.75, 3.05) is 24.1 Å². The molecule has 0 aromatic carbocycles. The molecule has 0 radical (unpaired) electrons. The van der Waals surface area contributed by atoms with Crippen LogP contribution in [0.25, 0.3) is 0 Å². The maximum absolute atomic E-state index is 11.4. The van der Waals surface area contributed by atoms with Gasteiger partial charge in [-0.05, 0) is 33.8 Å². The van der Waals surface area contributed by atoms with Crippen LogP contribution in [-0.2, 0) is 0 Å². The van der Waals surface area contributed by atoms with Crippen molar-refractivity contribution in [2.45, 2.75) is 39.8 Å². The molecule has 112 valence electrons. The zero-order valence-corrected chi connectivity index (χ0v) is 12.7. The first kappa shape index (κ1) is 16.2. The predicted octanol–water partition coefficient (Wildman–Crippen LogP) is 1.29. The number of amides is 1. The Bertz CT molecular complexity index is 451. The van der Waals surface area contributed by atoms with Crippen molar-refractivity contribution in [3.63, 3.8) is 0 Å². The van der Waals surface area contributed by atoms with Crippen molar-refractivity contribution in [3.8, 4) is 0 Å². The molecule has 0 saturated heterocycles. The quantitative estimate of drug-likeness (QED) is 0.699. The Morgan fingerprint density at radius 1 is 1.35 bits per heavy atom. The first-order valence-corrected chi connectivity index (χ1v) is 6.87. The summed E-state index contributed by atoms with van der Waals surface area (Å²) in [6.45, 7) is 10.2. The number of nitrogens with one attached hydrogen (secondary N) is 1. The summed E-state index contributed by atoms with van der Waals surface area (Å²) in [5.74, 6) is -0.0453. The van der Waals surface area contributed by atoms with Gasteiger partial charge < -0.3 is 16.8 Å². The summed E-state index contributed by atoms with van der Waals surface area (Å²) in [6.07, 6.45) is 1.51. The Labute approximate surface area is 120 Å². The van der Waals surface area contributed by atoms with Gasteiger partial charge in [-0.3, -0.25) is 9.69 Å². The highest BCUT2D eigenvalue weighted by atomic mass is 16.1. The lowest BCUT2D eigenvalue weighted by Crippen LogP contribution is -2.40. The lowest BCUT2D eigenvalue weighted by molar-refractivity contribution is 0.100. The molecule has 0 unspecified atom stereocenters. The fourth-order valence-electron chi connectivity index (χ4n) is 2.23. The minimum atomic E-state index is -0.531. The number of nitrogens with zero attached hydrogens (tertiary/aromatic N) is 2. The number of hydrogen-bond donors (Lipinski definition) is 3. The number of rotatable bonds is 7. The largest absolute Gasteiger partial charge is 0.397 e. The molecule has 0 saturated carbocycles. The molecule has 0 aliphatic rings. The van der Waals surface area contributed by atoms with Gasteiger partial charge in [0.05, 0.1) is 17.4 Å². The van der Waals surface area contributed by atoms with E-state index in [1.807, 2.05) is 0 Å². The summed E-state index contributed by atoms with van der Waals surface area (Å²) >= 11 is 0. The number of nitrogen functional groups attached to an aromatic ring is 1. The van der Waals surface area contributed by atoms with Gasteiger partial charge in [0.25, 0.3) is 5.91 Å². The Hall–Kier alpha value is -1.82. The van der Waals surface area contributed by atoms with Crippen LogP contribution in [-0.4, -0.2) is 41.0 Å². The van der Waals surface area contributed by atoms with Crippen LogP contribution in [0, 0.1) is 0 Å². The lowest BCUT2D eigenvalue weighted by Gasteiger charge is -2.30. The average molecular weight is 279 g/mol. The molecule has 20 heavy (non-hydrogen) atoms. The highest BCUT2D eigenvalue weighted by Gasteiger charge is 2.14. The van der Waals surface area contributed by atoms with Crippen LogP contribution in [0.5, 0.6) is 0 Å². The Balaban J connectivity index is 2.68. The van der Waals surface area contributed by atoms with Gasteiger partial charge in [-0.15, -0.1) is 0 Å². The number of primary amides is 1. The number of carbonyl (C=O) groups is 1. The number of pyridine rings is 1. The third-order valence-electron chi connectivity index (χ3n) is 3.16. The van der Waals surface area contributed by atoms with Crippen LogP contribution in [0.4, 0.5) is 11.5 Å². The van der Waals surface area contributed by atoms with Gasteiger partial charge in [0.15, 0.2) is 0 Å². The molecule has 1 heterocycles. The maximum Gasteiger partial charge on any atom is 0.252 e. The van der Waals surface area contributed by atoms with Crippen LogP contribution in [0.3, 0.4) is 0 Å². The Morgan fingerprint density at radius 3 is 2.45 bits per heavy atom. The highest BCUT2D eigenvalue weighted by molar-refractivity contribution is 5.98. The second-order valence-electron chi connectivity index (χ2n) is 5.38. The van der Waals surface area contributed by atoms with Crippen LogP contribution in [0.2, 0.25) is 0 Å². The number of hydrogen-bond acceptors (Lipinski definition) is 5. The minimum absolute atomic E-state index is 0.325. The van der Waals surface area contributed by atoms with E-state index >= 15 is 0 Å². The second-order valence-corrected chi connectivity index (χ2v) is 5.38. The van der Waals surface area contributed by atoms with Gasteiger partial charge >= 0.3 is 0 Å². The zero-order chi connectivity index (χ0) is 15.3. The zero-order valence-electron chi connectivity index (χ0n) is 12.7. The van der Waals surface area contributed by atoms with E-state index in [1.54, 1.807) is 6.07 Å². The summed E-state index contributed by atoms with van der Waals surface area (Å²) in [5.41, 5.74) is 11.7. The topological polar surface area (TPSA) is 97.3 Å². The number of anilines is 2. The molecule has 1 aromatic heterocycles. The molecular weight excluding hydrogens is 254 g/mol. The highest BCUT2D eigenvalue weighted by Crippen LogP contribution is 2.15. The molecule has 0 bridgehead atoms. The van der Waals surface area contributed by atoms with Gasteiger partial charge in [-0.2, -0.15) is 0 Å². The van der Waals surface area contributed by atoms with Crippen molar-refractivity contribution < 1.29 is 4.79 Å². The molecule has 0 atom stereocenters. The normalized spacial score (nSPS) is 11.3. The molecule has 0 aliphatic carbocycles. The molecule has 1 amide bonds.